The molecule has 1 aliphatic rings. The normalized spacial score (nSPS) is 22.2. The fraction of sp³-hybridized carbons (Fsp3) is 0.455. The number of rotatable bonds is 2. The zero-order valence-corrected chi connectivity index (χ0v) is 8.70. The lowest BCUT2D eigenvalue weighted by molar-refractivity contribution is 0.0386. The third-order valence-corrected chi connectivity index (χ3v) is 2.53. The highest BCUT2D eigenvalue weighted by Crippen LogP contribution is 2.19. The first-order valence-corrected chi connectivity index (χ1v) is 5.29. The number of hydrogen-bond donors (Lipinski definition) is 0. The average molecular weight is 211 g/mol. The summed E-state index contributed by atoms with van der Waals surface area (Å²) in [6.45, 7) is 0.870. The van der Waals surface area contributed by atoms with E-state index in [-0.39, 0.29) is 6.10 Å². The summed E-state index contributed by atoms with van der Waals surface area (Å²) in [5.74, 6) is 0. The Morgan fingerprint density at radius 3 is 3.07 bits per heavy atom. The van der Waals surface area contributed by atoms with Gasteiger partial charge in [0.1, 0.15) is 0 Å². The van der Waals surface area contributed by atoms with Gasteiger partial charge in [0.25, 0.3) is 0 Å². The molecule has 1 atom stereocenters. The van der Waals surface area contributed by atoms with E-state index in [0.717, 1.165) is 18.6 Å². The summed E-state index contributed by atoms with van der Waals surface area (Å²) in [5, 5.41) is 0.676. The lowest BCUT2D eigenvalue weighted by Gasteiger charge is -2.22. The maximum Gasteiger partial charge on any atom is 0.0651 e. The smallest absolute Gasteiger partial charge is 0.0651 e. The Morgan fingerprint density at radius 1 is 1.43 bits per heavy atom. The van der Waals surface area contributed by atoms with Crippen LogP contribution in [0.5, 0.6) is 0 Å². The molecule has 2 heterocycles. The summed E-state index contributed by atoms with van der Waals surface area (Å²) in [6, 6.07) is 1.91. The van der Waals surface area contributed by atoms with Crippen molar-refractivity contribution in [2.75, 3.05) is 6.61 Å². The predicted octanol–water partition coefficient (Wildman–Crippen LogP) is 2.86. The maximum absolute atomic E-state index is 5.84. The molecular weight excluding hydrogens is 198 g/mol. The lowest BCUT2D eigenvalue weighted by Crippen LogP contribution is -2.19. The minimum Gasteiger partial charge on any atom is -0.378 e. The van der Waals surface area contributed by atoms with Gasteiger partial charge < -0.3 is 4.74 Å². The second kappa shape index (κ2) is 4.76. The molecule has 1 aromatic rings. The average Bonchev–Trinajstić information content (AvgIpc) is 2.19. The van der Waals surface area contributed by atoms with Crippen molar-refractivity contribution in [2.24, 2.45) is 0 Å². The van der Waals surface area contributed by atoms with Crippen LogP contribution in [-0.2, 0) is 4.74 Å². The number of ether oxygens (including phenoxy) is 1. The summed E-state index contributed by atoms with van der Waals surface area (Å²) in [7, 11) is 0. The van der Waals surface area contributed by atoms with E-state index in [4.69, 9.17) is 16.3 Å². The largest absolute Gasteiger partial charge is 0.378 e. The molecule has 3 heteroatoms. The van der Waals surface area contributed by atoms with E-state index in [1.165, 1.54) is 12.8 Å². The zero-order valence-electron chi connectivity index (χ0n) is 7.95. The van der Waals surface area contributed by atoms with Gasteiger partial charge >= 0.3 is 0 Å². The van der Waals surface area contributed by atoms with Crippen LogP contribution in [0.15, 0.2) is 18.5 Å². The molecule has 0 amide bonds. The Morgan fingerprint density at radius 2 is 2.36 bits per heavy atom. The van der Waals surface area contributed by atoms with Gasteiger partial charge in [0.15, 0.2) is 0 Å². The number of nitrogens with zero attached hydrogens (tertiary/aromatic N) is 1. The molecule has 0 saturated carbocycles. The Labute approximate surface area is 89.3 Å². The van der Waals surface area contributed by atoms with Crippen LogP contribution < -0.4 is 0 Å². The van der Waals surface area contributed by atoms with Gasteiger partial charge in [-0.15, -0.1) is 0 Å². The Balaban J connectivity index is 1.95. The van der Waals surface area contributed by atoms with Crippen LogP contribution in [0.3, 0.4) is 0 Å². The van der Waals surface area contributed by atoms with Gasteiger partial charge in [0, 0.05) is 25.4 Å². The molecule has 0 aliphatic carbocycles. The van der Waals surface area contributed by atoms with Gasteiger partial charge in [0.2, 0.25) is 0 Å². The lowest BCUT2D eigenvalue weighted by atomic mass is 10.0. The first-order valence-electron chi connectivity index (χ1n) is 4.91. The quantitative estimate of drug-likeness (QED) is 0.749. The van der Waals surface area contributed by atoms with Crippen LogP contribution in [0.4, 0.5) is 0 Å². The summed E-state index contributed by atoms with van der Waals surface area (Å²) in [6.07, 6.45) is 9.31. The van der Waals surface area contributed by atoms with E-state index in [1.54, 1.807) is 6.20 Å². The van der Waals surface area contributed by atoms with E-state index in [0.29, 0.717) is 5.02 Å². The molecule has 0 aromatic carbocycles. The van der Waals surface area contributed by atoms with Gasteiger partial charge in [-0.2, -0.15) is 0 Å². The first-order chi connectivity index (χ1) is 6.84. The number of pyridine rings is 1. The van der Waals surface area contributed by atoms with Crippen molar-refractivity contribution in [1.29, 1.82) is 0 Å². The highest BCUT2D eigenvalue weighted by Gasteiger charge is 2.14. The maximum atomic E-state index is 5.84. The standard InChI is InChI=1S/C11H13ClNO/c12-10-5-9(7-13-8-10)6-11-3-1-2-4-14-11/h5-8,11H,1-4H2. The molecule has 1 aromatic heterocycles. The summed E-state index contributed by atoms with van der Waals surface area (Å²) in [5.41, 5.74) is 1.05. The van der Waals surface area contributed by atoms with E-state index >= 15 is 0 Å². The number of halogens is 1. The molecule has 1 unspecified atom stereocenters. The summed E-state index contributed by atoms with van der Waals surface area (Å²) in [4.78, 5) is 4.03. The van der Waals surface area contributed by atoms with Crippen molar-refractivity contribution in [3.8, 4) is 0 Å². The van der Waals surface area contributed by atoms with Crippen molar-refractivity contribution in [3.63, 3.8) is 0 Å². The monoisotopic (exact) mass is 210 g/mol. The van der Waals surface area contributed by atoms with Crippen LogP contribution in [0, 0.1) is 6.42 Å². The Hall–Kier alpha value is -0.600. The van der Waals surface area contributed by atoms with E-state index in [1.807, 2.05) is 12.3 Å². The Kier molecular flexibility index (Phi) is 3.38. The first kappa shape index (κ1) is 9.94. The molecule has 1 saturated heterocycles. The van der Waals surface area contributed by atoms with E-state index in [2.05, 4.69) is 11.4 Å². The van der Waals surface area contributed by atoms with Gasteiger partial charge in [-0.1, -0.05) is 11.6 Å². The van der Waals surface area contributed by atoms with Crippen molar-refractivity contribution >= 4 is 11.6 Å². The number of aromatic nitrogens is 1. The third-order valence-electron chi connectivity index (χ3n) is 2.32. The van der Waals surface area contributed by atoms with Gasteiger partial charge in [-0.3, -0.25) is 4.98 Å². The molecule has 1 fully saturated rings. The van der Waals surface area contributed by atoms with Crippen molar-refractivity contribution in [2.45, 2.75) is 25.4 Å². The molecule has 2 nitrogen and oxygen atoms in total. The highest BCUT2D eigenvalue weighted by molar-refractivity contribution is 6.30. The molecule has 0 bridgehead atoms. The second-order valence-electron chi connectivity index (χ2n) is 3.51. The minimum absolute atomic E-state index is 0.240. The van der Waals surface area contributed by atoms with Gasteiger partial charge in [-0.05, 0) is 30.9 Å². The summed E-state index contributed by atoms with van der Waals surface area (Å²) >= 11 is 5.84. The molecule has 1 radical (unpaired) electrons. The summed E-state index contributed by atoms with van der Waals surface area (Å²) < 4.78 is 5.60. The van der Waals surface area contributed by atoms with Crippen LogP contribution in [0.1, 0.15) is 24.8 Å². The topological polar surface area (TPSA) is 22.1 Å². The minimum atomic E-state index is 0.240. The van der Waals surface area contributed by atoms with Crippen LogP contribution in [0.2, 0.25) is 5.02 Å². The third kappa shape index (κ3) is 2.69. The molecule has 1 aliphatic heterocycles. The molecule has 14 heavy (non-hydrogen) atoms. The molecule has 0 N–H and O–H groups in total. The SMILES string of the molecule is Clc1cncc([CH]C2CCCCO2)c1. The van der Waals surface area contributed by atoms with Crippen LogP contribution in [-0.4, -0.2) is 17.7 Å². The fourth-order valence-corrected chi connectivity index (χ4v) is 1.81. The van der Waals surface area contributed by atoms with Crippen molar-refractivity contribution in [1.82, 2.24) is 4.98 Å². The van der Waals surface area contributed by atoms with Crippen molar-refractivity contribution in [3.05, 3.63) is 35.5 Å². The molecule has 75 valence electrons. The number of hydrogen-bond acceptors (Lipinski definition) is 2. The van der Waals surface area contributed by atoms with Gasteiger partial charge in [-0.25, -0.2) is 0 Å². The molecule has 2 rings (SSSR count). The van der Waals surface area contributed by atoms with E-state index < -0.39 is 0 Å². The van der Waals surface area contributed by atoms with Crippen LogP contribution in [0.25, 0.3) is 0 Å². The van der Waals surface area contributed by atoms with Crippen molar-refractivity contribution < 1.29 is 4.74 Å². The molecular formula is C11H13ClNO. The Bertz CT molecular complexity index is 297. The molecule has 0 spiro atoms. The fourth-order valence-electron chi connectivity index (χ4n) is 1.63. The second-order valence-corrected chi connectivity index (χ2v) is 3.94. The predicted molar refractivity (Wildman–Crippen MR) is 56.2 cm³/mol. The van der Waals surface area contributed by atoms with Crippen LogP contribution >= 0.6 is 11.6 Å². The highest BCUT2D eigenvalue weighted by atomic mass is 35.5. The zero-order chi connectivity index (χ0) is 9.80. The van der Waals surface area contributed by atoms with Gasteiger partial charge in [0.05, 0.1) is 11.1 Å². The van der Waals surface area contributed by atoms with E-state index in [9.17, 15) is 0 Å².